The third-order valence-electron chi connectivity index (χ3n) is 4.26. The topological polar surface area (TPSA) is 55.4 Å². The molecule has 2 rings (SSSR count). The Morgan fingerprint density at radius 3 is 2.50 bits per heavy atom. The van der Waals surface area contributed by atoms with Gasteiger partial charge in [0.2, 0.25) is 0 Å². The van der Waals surface area contributed by atoms with Crippen LogP contribution in [-0.2, 0) is 16.1 Å². The lowest BCUT2D eigenvalue weighted by atomic mass is 9.57. The number of amides is 1. The van der Waals surface area contributed by atoms with Crippen molar-refractivity contribution in [2.45, 2.75) is 39.8 Å². The zero-order chi connectivity index (χ0) is 14.8. The van der Waals surface area contributed by atoms with Gasteiger partial charge in [0.25, 0.3) is 0 Å². The molecule has 0 aliphatic heterocycles. The second kappa shape index (κ2) is 5.65. The van der Waals surface area contributed by atoms with Crippen LogP contribution in [0.5, 0.6) is 0 Å². The smallest absolute Gasteiger partial charge is 0.407 e. The van der Waals surface area contributed by atoms with Crippen LogP contribution in [0.15, 0.2) is 30.3 Å². The molecule has 1 aliphatic rings. The van der Waals surface area contributed by atoms with Gasteiger partial charge in [-0.05, 0) is 24.3 Å². The van der Waals surface area contributed by atoms with Crippen molar-refractivity contribution in [3.05, 3.63) is 35.9 Å². The summed E-state index contributed by atoms with van der Waals surface area (Å²) in [5.41, 5.74) is 0.759. The highest BCUT2D eigenvalue weighted by Gasteiger charge is 2.51. The third kappa shape index (κ3) is 3.00. The minimum absolute atomic E-state index is 0.000302. The Labute approximate surface area is 119 Å². The van der Waals surface area contributed by atoms with Crippen molar-refractivity contribution < 1.29 is 14.3 Å². The summed E-state index contributed by atoms with van der Waals surface area (Å²) in [5.74, 6) is 0.215. The molecular weight excluding hydrogens is 254 g/mol. The Morgan fingerprint density at radius 1 is 1.30 bits per heavy atom. The van der Waals surface area contributed by atoms with E-state index in [0.29, 0.717) is 6.42 Å². The van der Waals surface area contributed by atoms with Gasteiger partial charge in [-0.2, -0.15) is 0 Å². The van der Waals surface area contributed by atoms with Crippen molar-refractivity contribution in [3.8, 4) is 0 Å². The van der Waals surface area contributed by atoms with Crippen LogP contribution < -0.4 is 5.32 Å². The van der Waals surface area contributed by atoms with Gasteiger partial charge in [0.1, 0.15) is 12.4 Å². The average Bonchev–Trinajstić information content (AvgIpc) is 2.41. The highest BCUT2D eigenvalue weighted by Crippen LogP contribution is 2.46. The first-order chi connectivity index (χ1) is 9.41. The predicted octanol–water partition coefficient (Wildman–Crippen LogP) is 2.92. The lowest BCUT2D eigenvalue weighted by Crippen LogP contribution is -2.60. The van der Waals surface area contributed by atoms with Crippen LogP contribution in [-0.4, -0.2) is 17.9 Å². The molecule has 0 bridgehead atoms. The quantitative estimate of drug-likeness (QED) is 0.919. The molecule has 1 aliphatic carbocycles. The maximum Gasteiger partial charge on any atom is 0.407 e. The number of rotatable bonds is 4. The van der Waals surface area contributed by atoms with Crippen molar-refractivity contribution in [2.75, 3.05) is 0 Å². The van der Waals surface area contributed by atoms with Crippen LogP contribution in [0, 0.1) is 11.3 Å². The first kappa shape index (κ1) is 14.6. The first-order valence-corrected chi connectivity index (χ1v) is 6.89. The van der Waals surface area contributed by atoms with Crippen LogP contribution in [0.3, 0.4) is 0 Å². The summed E-state index contributed by atoms with van der Waals surface area (Å²) >= 11 is 0. The number of carbonyl (C=O) groups is 2. The van der Waals surface area contributed by atoms with Gasteiger partial charge in [-0.1, -0.05) is 44.2 Å². The highest BCUT2D eigenvalue weighted by atomic mass is 16.5. The molecule has 0 unspecified atom stereocenters. The highest BCUT2D eigenvalue weighted by molar-refractivity contribution is 5.81. The van der Waals surface area contributed by atoms with Crippen molar-refractivity contribution in [1.82, 2.24) is 5.32 Å². The largest absolute Gasteiger partial charge is 0.445 e. The van der Waals surface area contributed by atoms with Crippen molar-refractivity contribution in [2.24, 2.45) is 11.3 Å². The summed E-state index contributed by atoms with van der Waals surface area (Å²) in [6, 6.07) is 9.55. The molecule has 0 aromatic heterocycles. The van der Waals surface area contributed by atoms with Gasteiger partial charge in [-0.15, -0.1) is 0 Å². The van der Waals surface area contributed by atoms with Crippen LogP contribution in [0.25, 0.3) is 0 Å². The van der Waals surface area contributed by atoms with E-state index in [2.05, 4.69) is 5.32 Å². The van der Waals surface area contributed by atoms with Crippen LogP contribution in [0.4, 0.5) is 4.79 Å². The summed E-state index contributed by atoms with van der Waals surface area (Å²) in [7, 11) is 0. The van der Waals surface area contributed by atoms with Crippen molar-refractivity contribution >= 4 is 11.9 Å². The third-order valence-corrected chi connectivity index (χ3v) is 4.26. The Morgan fingerprint density at radius 2 is 1.95 bits per heavy atom. The molecule has 20 heavy (non-hydrogen) atoms. The molecule has 1 saturated carbocycles. The number of hydrogen-bond donors (Lipinski definition) is 1. The van der Waals surface area contributed by atoms with E-state index in [1.807, 2.05) is 44.2 Å². The lowest BCUT2D eigenvalue weighted by molar-refractivity contribution is -0.132. The first-order valence-electron chi connectivity index (χ1n) is 6.89. The molecule has 0 radical (unpaired) electrons. The second-order valence-corrected chi connectivity index (χ2v) is 5.98. The Hall–Kier alpha value is -1.84. The van der Waals surface area contributed by atoms with E-state index in [9.17, 15) is 9.59 Å². The van der Waals surface area contributed by atoms with E-state index in [4.69, 9.17) is 4.74 Å². The van der Waals surface area contributed by atoms with Gasteiger partial charge >= 0.3 is 6.09 Å². The number of Topliss-reactive ketones (excluding diaryl/α,β-unsaturated/α-hetero) is 1. The van der Waals surface area contributed by atoms with Gasteiger partial charge in [0.05, 0.1) is 0 Å². The Kier molecular flexibility index (Phi) is 4.12. The molecule has 0 saturated heterocycles. The molecule has 1 amide bonds. The Bertz CT molecular complexity index is 496. The Balaban J connectivity index is 1.80. The van der Waals surface area contributed by atoms with Gasteiger partial charge in [-0.25, -0.2) is 4.79 Å². The zero-order valence-electron chi connectivity index (χ0n) is 12.2. The van der Waals surface area contributed by atoms with E-state index >= 15 is 0 Å². The lowest BCUT2D eigenvalue weighted by Gasteiger charge is -2.50. The molecule has 0 heterocycles. The van der Waals surface area contributed by atoms with Crippen LogP contribution in [0.2, 0.25) is 0 Å². The normalized spacial score (nSPS) is 23.6. The number of nitrogens with one attached hydrogen (secondary N) is 1. The second-order valence-electron chi connectivity index (χ2n) is 5.98. The van der Waals surface area contributed by atoms with Crippen molar-refractivity contribution in [1.29, 1.82) is 0 Å². The minimum atomic E-state index is -0.422. The van der Waals surface area contributed by atoms with Crippen LogP contribution >= 0.6 is 0 Å². The fourth-order valence-electron chi connectivity index (χ4n) is 2.77. The number of ketones is 1. The molecule has 4 nitrogen and oxygen atoms in total. The number of carbonyl (C=O) groups excluding carboxylic acids is 2. The van der Waals surface area contributed by atoms with E-state index < -0.39 is 6.09 Å². The van der Waals surface area contributed by atoms with E-state index in [-0.39, 0.29) is 29.8 Å². The number of hydrogen-bond acceptors (Lipinski definition) is 3. The van der Waals surface area contributed by atoms with E-state index in [1.54, 1.807) is 6.92 Å². The maximum atomic E-state index is 11.8. The summed E-state index contributed by atoms with van der Waals surface area (Å²) in [6.07, 6.45) is 0.275. The fraction of sp³-hybridized carbons (Fsp3) is 0.500. The molecular formula is C16H21NO3. The van der Waals surface area contributed by atoms with E-state index in [1.165, 1.54) is 0 Å². The summed E-state index contributed by atoms with van der Waals surface area (Å²) < 4.78 is 5.19. The van der Waals surface area contributed by atoms with E-state index in [0.717, 1.165) is 5.56 Å². The number of alkyl carbamates (subject to hydrolysis) is 1. The predicted molar refractivity (Wildman–Crippen MR) is 76.1 cm³/mol. The monoisotopic (exact) mass is 275 g/mol. The van der Waals surface area contributed by atoms with Gasteiger partial charge in [0, 0.05) is 12.0 Å². The molecule has 1 fully saturated rings. The average molecular weight is 275 g/mol. The minimum Gasteiger partial charge on any atom is -0.445 e. The maximum absolute atomic E-state index is 11.8. The van der Waals surface area contributed by atoms with Gasteiger partial charge in [-0.3, -0.25) is 4.79 Å². The summed E-state index contributed by atoms with van der Waals surface area (Å²) in [4.78, 5) is 23.2. The summed E-state index contributed by atoms with van der Waals surface area (Å²) in [6.45, 7) is 5.88. The molecule has 1 N–H and O–H groups in total. The molecule has 4 heteroatoms. The molecule has 1 aromatic rings. The SMILES string of the molecule is CC(=O)[C@@H]1C[C@H](NC(=O)OCc2ccccc2)C1(C)C. The van der Waals surface area contributed by atoms with Gasteiger partial charge < -0.3 is 10.1 Å². The molecule has 0 spiro atoms. The van der Waals surface area contributed by atoms with Crippen molar-refractivity contribution in [3.63, 3.8) is 0 Å². The van der Waals surface area contributed by atoms with Gasteiger partial charge in [0.15, 0.2) is 0 Å². The molecule has 2 atom stereocenters. The fourth-order valence-corrected chi connectivity index (χ4v) is 2.77. The zero-order valence-corrected chi connectivity index (χ0v) is 12.2. The molecule has 1 aromatic carbocycles. The number of ether oxygens (including phenoxy) is 1. The summed E-state index contributed by atoms with van der Waals surface area (Å²) in [5, 5.41) is 2.85. The molecule has 108 valence electrons. The number of benzene rings is 1. The standard InChI is InChI=1S/C16H21NO3/c1-11(18)13-9-14(16(13,2)3)17-15(19)20-10-12-7-5-4-6-8-12/h4-8,13-14H,9-10H2,1-3H3,(H,17,19)/t13-,14-/m0/s1. The van der Waals surface area contributed by atoms with Crippen LogP contribution in [0.1, 0.15) is 32.8 Å².